The molecule has 1 saturated carbocycles. The molecule has 1 fully saturated rings. The van der Waals surface area contributed by atoms with Crippen LogP contribution in [0.5, 0.6) is 0 Å². The Kier molecular flexibility index (Phi) is 7.03. The zero-order valence-electron chi connectivity index (χ0n) is 21.5. The molecule has 0 heteroatoms. The molecule has 2 aromatic rings. The Morgan fingerprint density at radius 2 is 1.11 bits per heavy atom. The van der Waals surface area contributed by atoms with Crippen LogP contribution in [0.4, 0.5) is 0 Å². The number of benzene rings is 2. The Hall–Kier alpha value is -3.12. The molecule has 36 heavy (non-hydrogen) atoms. The average molecular weight is 471 g/mol. The number of fused-ring (bicyclic) bond motifs is 3. The summed E-state index contributed by atoms with van der Waals surface area (Å²) in [4.78, 5) is 0. The van der Waals surface area contributed by atoms with Crippen LogP contribution in [0.25, 0.3) is 12.2 Å². The first-order valence-corrected chi connectivity index (χ1v) is 14.1. The van der Waals surface area contributed by atoms with Gasteiger partial charge in [0.1, 0.15) is 0 Å². The van der Waals surface area contributed by atoms with Gasteiger partial charge in [0.15, 0.2) is 0 Å². The Labute approximate surface area is 217 Å². The summed E-state index contributed by atoms with van der Waals surface area (Å²) in [6.45, 7) is 0. The van der Waals surface area contributed by atoms with Crippen LogP contribution >= 0.6 is 0 Å². The highest BCUT2D eigenvalue weighted by Gasteiger charge is 2.20. The van der Waals surface area contributed by atoms with Gasteiger partial charge in [0.05, 0.1) is 0 Å². The van der Waals surface area contributed by atoms with E-state index in [0.717, 1.165) is 19.3 Å². The standard InChI is InChI=1S/C21H24.C15H14/c1-2-4-8-19-14-16(13-18(19)7-3-1)15-20-11-5-9-17-10-6-12-21(17)20;1-2-6-12(5-1)11-14-9-3-7-13-8-4-10-15(13)14/h5-6,9,11-14,16H,1-4,7-8,10,15H2;1-7,9-10,12H,8,11H2. The highest BCUT2D eigenvalue weighted by atomic mass is 14.3. The maximum Gasteiger partial charge on any atom is -0.000102 e. The van der Waals surface area contributed by atoms with Gasteiger partial charge in [-0.05, 0) is 108 Å². The fourth-order valence-electron chi connectivity index (χ4n) is 6.57. The first kappa shape index (κ1) is 23.3. The largest absolute Gasteiger partial charge is 0.0795 e. The fraction of sp³-hybridized carbons (Fsp3) is 0.333. The van der Waals surface area contributed by atoms with E-state index in [9.17, 15) is 0 Å². The van der Waals surface area contributed by atoms with E-state index in [4.69, 9.17) is 0 Å². The van der Waals surface area contributed by atoms with Crippen molar-refractivity contribution in [3.63, 3.8) is 0 Å². The van der Waals surface area contributed by atoms with E-state index < -0.39 is 0 Å². The maximum absolute atomic E-state index is 2.57. The Morgan fingerprint density at radius 3 is 1.67 bits per heavy atom. The summed E-state index contributed by atoms with van der Waals surface area (Å²) < 4.78 is 0. The van der Waals surface area contributed by atoms with E-state index in [2.05, 4.69) is 97.2 Å². The van der Waals surface area contributed by atoms with Crippen LogP contribution in [0.3, 0.4) is 0 Å². The number of hydrogen-bond donors (Lipinski definition) is 0. The third-order valence-electron chi connectivity index (χ3n) is 8.44. The molecule has 0 atom stereocenters. The van der Waals surface area contributed by atoms with E-state index in [1.807, 2.05) is 0 Å². The first-order chi connectivity index (χ1) is 17.8. The first-order valence-electron chi connectivity index (χ1n) is 14.1. The van der Waals surface area contributed by atoms with Crippen LogP contribution in [-0.2, 0) is 25.7 Å². The Morgan fingerprint density at radius 1 is 0.583 bits per heavy atom. The van der Waals surface area contributed by atoms with E-state index in [1.165, 1.54) is 78.3 Å². The van der Waals surface area contributed by atoms with Gasteiger partial charge in [-0.1, -0.05) is 110 Å². The third-order valence-corrected chi connectivity index (χ3v) is 8.44. The summed E-state index contributed by atoms with van der Waals surface area (Å²) in [5.41, 5.74) is 12.3. The average Bonchev–Trinajstić information content (AvgIpc) is 3.68. The van der Waals surface area contributed by atoms with Crippen molar-refractivity contribution in [3.05, 3.63) is 130 Å². The SMILES string of the molecule is C1=CC(Cc2cccc3c2C=CC3)C=C1.C1=Cc2c(cccc2CC2C=C3CCCCCCC3=C2)C1. The summed E-state index contributed by atoms with van der Waals surface area (Å²) in [7, 11) is 0. The number of allylic oxidation sites excluding steroid dienone is 10. The van der Waals surface area contributed by atoms with Gasteiger partial charge in [-0.3, -0.25) is 0 Å². The summed E-state index contributed by atoms with van der Waals surface area (Å²) in [5.74, 6) is 1.24. The molecule has 0 saturated heterocycles. The summed E-state index contributed by atoms with van der Waals surface area (Å²) in [5, 5.41) is 0. The molecule has 7 rings (SSSR count). The Balaban J connectivity index is 0.000000141. The van der Waals surface area contributed by atoms with Crippen molar-refractivity contribution in [1.82, 2.24) is 0 Å². The quantitative estimate of drug-likeness (QED) is 0.418. The molecule has 0 aliphatic heterocycles. The summed E-state index contributed by atoms with van der Waals surface area (Å²) in [6.07, 6.45) is 35.9. The smallest absolute Gasteiger partial charge is 0.000102 e. The van der Waals surface area contributed by atoms with Gasteiger partial charge in [0.2, 0.25) is 0 Å². The molecule has 5 aliphatic carbocycles. The van der Waals surface area contributed by atoms with E-state index in [0.29, 0.717) is 11.8 Å². The van der Waals surface area contributed by atoms with Gasteiger partial charge >= 0.3 is 0 Å². The van der Waals surface area contributed by atoms with Crippen molar-refractivity contribution in [3.8, 4) is 0 Å². The van der Waals surface area contributed by atoms with Crippen LogP contribution in [0, 0.1) is 11.8 Å². The van der Waals surface area contributed by atoms with Crippen LogP contribution < -0.4 is 0 Å². The van der Waals surface area contributed by atoms with Gasteiger partial charge in [0, 0.05) is 0 Å². The van der Waals surface area contributed by atoms with Crippen molar-refractivity contribution in [2.45, 2.75) is 64.2 Å². The lowest BCUT2D eigenvalue weighted by Gasteiger charge is -2.12. The van der Waals surface area contributed by atoms with Crippen LogP contribution in [0.2, 0.25) is 0 Å². The minimum Gasteiger partial charge on any atom is -0.0795 e. The Bertz CT molecular complexity index is 1250. The second kappa shape index (κ2) is 10.9. The topological polar surface area (TPSA) is 0 Å². The van der Waals surface area contributed by atoms with Crippen LogP contribution in [-0.4, -0.2) is 0 Å². The number of rotatable bonds is 4. The van der Waals surface area contributed by atoms with Gasteiger partial charge < -0.3 is 0 Å². The molecular weight excluding hydrogens is 432 g/mol. The van der Waals surface area contributed by atoms with Gasteiger partial charge in [-0.2, -0.15) is 0 Å². The molecular formula is C36H38. The fourth-order valence-corrected chi connectivity index (χ4v) is 6.57. The normalized spacial score (nSPS) is 19.8. The summed E-state index contributed by atoms with van der Waals surface area (Å²) in [6, 6.07) is 13.5. The maximum atomic E-state index is 2.57. The molecule has 0 heterocycles. The highest BCUT2D eigenvalue weighted by Crippen LogP contribution is 2.36. The van der Waals surface area contributed by atoms with Gasteiger partial charge in [-0.25, -0.2) is 0 Å². The van der Waals surface area contributed by atoms with Crippen molar-refractivity contribution in [1.29, 1.82) is 0 Å². The lowest BCUT2D eigenvalue weighted by Crippen LogP contribution is -1.99. The zero-order chi connectivity index (χ0) is 24.2. The molecule has 0 nitrogen and oxygen atoms in total. The molecule has 2 aromatic carbocycles. The van der Waals surface area contributed by atoms with Crippen LogP contribution in [0.1, 0.15) is 71.9 Å². The lowest BCUT2D eigenvalue weighted by atomic mass is 9.94. The molecule has 0 radical (unpaired) electrons. The molecule has 0 aromatic heterocycles. The summed E-state index contributed by atoms with van der Waals surface area (Å²) >= 11 is 0. The molecule has 5 aliphatic rings. The minimum atomic E-state index is 0.602. The zero-order valence-corrected chi connectivity index (χ0v) is 21.5. The molecule has 182 valence electrons. The van der Waals surface area contributed by atoms with Crippen molar-refractivity contribution in [2.75, 3.05) is 0 Å². The highest BCUT2D eigenvalue weighted by molar-refractivity contribution is 5.64. The molecule has 0 bridgehead atoms. The predicted molar refractivity (Wildman–Crippen MR) is 155 cm³/mol. The minimum absolute atomic E-state index is 0.602. The molecule has 0 unspecified atom stereocenters. The third kappa shape index (κ3) is 5.19. The number of hydrogen-bond acceptors (Lipinski definition) is 0. The van der Waals surface area contributed by atoms with E-state index in [-0.39, 0.29) is 0 Å². The molecule has 0 spiro atoms. The van der Waals surface area contributed by atoms with Gasteiger partial charge in [0.25, 0.3) is 0 Å². The molecule has 0 N–H and O–H groups in total. The van der Waals surface area contributed by atoms with Crippen molar-refractivity contribution in [2.24, 2.45) is 11.8 Å². The second-order valence-electron chi connectivity index (χ2n) is 11.0. The monoisotopic (exact) mass is 470 g/mol. The molecule has 0 amide bonds. The van der Waals surface area contributed by atoms with E-state index in [1.54, 1.807) is 11.1 Å². The predicted octanol–water partition coefficient (Wildman–Crippen LogP) is 9.18. The van der Waals surface area contributed by atoms with Gasteiger partial charge in [-0.15, -0.1) is 0 Å². The van der Waals surface area contributed by atoms with Crippen molar-refractivity contribution >= 4 is 12.2 Å². The lowest BCUT2D eigenvalue weighted by molar-refractivity contribution is 0.615. The van der Waals surface area contributed by atoms with E-state index >= 15 is 0 Å². The van der Waals surface area contributed by atoms with Crippen molar-refractivity contribution < 1.29 is 0 Å². The second-order valence-corrected chi connectivity index (χ2v) is 11.0. The van der Waals surface area contributed by atoms with Crippen LogP contribution in [0.15, 0.2) is 96.2 Å².